The third kappa shape index (κ3) is 1.90. The lowest BCUT2D eigenvalue weighted by molar-refractivity contribution is 0.624. The molecule has 0 unspecified atom stereocenters. The van der Waals surface area contributed by atoms with Crippen molar-refractivity contribution in [3.63, 3.8) is 0 Å². The molecule has 2 aromatic rings. The molecule has 4 nitrogen and oxygen atoms in total. The second-order valence-corrected chi connectivity index (χ2v) is 3.08. The SMILES string of the molecule is Cc1nc(N)cc(-c2ccncc2F)n1. The lowest BCUT2D eigenvalue weighted by Gasteiger charge is -2.03. The van der Waals surface area contributed by atoms with Gasteiger partial charge in [0.15, 0.2) is 5.82 Å². The van der Waals surface area contributed by atoms with Crippen LogP contribution in [0, 0.1) is 12.7 Å². The molecular weight excluding hydrogens is 195 g/mol. The zero-order valence-corrected chi connectivity index (χ0v) is 8.11. The van der Waals surface area contributed by atoms with Crippen molar-refractivity contribution in [1.82, 2.24) is 15.0 Å². The number of halogens is 1. The molecule has 0 atom stereocenters. The Hall–Kier alpha value is -2.04. The minimum atomic E-state index is -0.421. The van der Waals surface area contributed by atoms with Crippen LogP contribution in [-0.2, 0) is 0 Å². The van der Waals surface area contributed by atoms with Crippen molar-refractivity contribution in [2.75, 3.05) is 5.73 Å². The molecular formula is C10H9FN4. The van der Waals surface area contributed by atoms with E-state index in [-0.39, 0.29) is 0 Å². The molecule has 2 heterocycles. The third-order valence-electron chi connectivity index (χ3n) is 1.91. The summed E-state index contributed by atoms with van der Waals surface area (Å²) in [5.74, 6) is 0.421. The lowest BCUT2D eigenvalue weighted by atomic mass is 10.2. The molecule has 0 saturated heterocycles. The highest BCUT2D eigenvalue weighted by Crippen LogP contribution is 2.20. The van der Waals surface area contributed by atoms with Crippen LogP contribution in [-0.4, -0.2) is 15.0 Å². The van der Waals surface area contributed by atoms with Gasteiger partial charge in [-0.2, -0.15) is 0 Å². The molecule has 0 aliphatic heterocycles. The standard InChI is InChI=1S/C10H9FN4/c1-6-14-9(4-10(12)15-6)7-2-3-13-5-8(7)11/h2-5H,1H3,(H2,12,14,15). The number of nitrogen functional groups attached to an aromatic ring is 1. The zero-order valence-electron chi connectivity index (χ0n) is 8.11. The van der Waals surface area contributed by atoms with Crippen molar-refractivity contribution in [2.45, 2.75) is 6.92 Å². The molecule has 0 saturated carbocycles. The van der Waals surface area contributed by atoms with Crippen molar-refractivity contribution in [2.24, 2.45) is 0 Å². The summed E-state index contributed by atoms with van der Waals surface area (Å²) in [5, 5.41) is 0. The molecule has 0 bridgehead atoms. The van der Waals surface area contributed by atoms with E-state index in [4.69, 9.17) is 5.73 Å². The molecule has 2 rings (SSSR count). The fourth-order valence-electron chi connectivity index (χ4n) is 1.31. The predicted octanol–water partition coefficient (Wildman–Crippen LogP) is 1.57. The number of nitrogens with zero attached hydrogens (tertiary/aromatic N) is 3. The number of nitrogens with two attached hydrogens (primary N) is 1. The van der Waals surface area contributed by atoms with Crippen LogP contribution in [0.3, 0.4) is 0 Å². The molecule has 0 radical (unpaired) electrons. The van der Waals surface area contributed by atoms with Crippen LogP contribution in [0.2, 0.25) is 0 Å². The first-order valence-electron chi connectivity index (χ1n) is 4.38. The smallest absolute Gasteiger partial charge is 0.150 e. The topological polar surface area (TPSA) is 64.7 Å². The van der Waals surface area contributed by atoms with Crippen molar-refractivity contribution in [3.8, 4) is 11.3 Å². The number of pyridine rings is 1. The second kappa shape index (κ2) is 3.61. The largest absolute Gasteiger partial charge is 0.384 e. The highest BCUT2D eigenvalue weighted by atomic mass is 19.1. The van der Waals surface area contributed by atoms with E-state index < -0.39 is 5.82 Å². The second-order valence-electron chi connectivity index (χ2n) is 3.08. The van der Waals surface area contributed by atoms with Gasteiger partial charge in [-0.1, -0.05) is 0 Å². The van der Waals surface area contributed by atoms with Gasteiger partial charge in [-0.05, 0) is 13.0 Å². The molecule has 5 heteroatoms. The molecule has 15 heavy (non-hydrogen) atoms. The number of anilines is 1. The van der Waals surface area contributed by atoms with Crippen LogP contribution in [0.25, 0.3) is 11.3 Å². The summed E-state index contributed by atoms with van der Waals surface area (Å²) in [6, 6.07) is 3.09. The van der Waals surface area contributed by atoms with E-state index in [1.165, 1.54) is 12.3 Å². The maximum atomic E-state index is 13.4. The van der Waals surface area contributed by atoms with E-state index >= 15 is 0 Å². The lowest BCUT2D eigenvalue weighted by Crippen LogP contribution is -1.98. The van der Waals surface area contributed by atoms with Gasteiger partial charge in [0.1, 0.15) is 11.6 Å². The van der Waals surface area contributed by atoms with E-state index in [0.717, 1.165) is 6.20 Å². The Morgan fingerprint density at radius 3 is 2.80 bits per heavy atom. The highest BCUT2D eigenvalue weighted by Gasteiger charge is 2.07. The van der Waals surface area contributed by atoms with Crippen molar-refractivity contribution >= 4 is 5.82 Å². The third-order valence-corrected chi connectivity index (χ3v) is 1.91. The normalized spacial score (nSPS) is 10.3. The molecule has 2 N–H and O–H groups in total. The highest BCUT2D eigenvalue weighted by molar-refractivity contribution is 5.61. The summed E-state index contributed by atoms with van der Waals surface area (Å²) < 4.78 is 13.4. The van der Waals surface area contributed by atoms with E-state index in [0.29, 0.717) is 22.9 Å². The van der Waals surface area contributed by atoms with Gasteiger partial charge in [0.25, 0.3) is 0 Å². The van der Waals surface area contributed by atoms with E-state index in [1.54, 1.807) is 13.0 Å². The Labute approximate surface area is 86.0 Å². The number of rotatable bonds is 1. The van der Waals surface area contributed by atoms with Gasteiger partial charge in [0, 0.05) is 17.8 Å². The maximum Gasteiger partial charge on any atom is 0.150 e. The molecule has 76 valence electrons. The molecule has 0 aromatic carbocycles. The quantitative estimate of drug-likeness (QED) is 0.765. The van der Waals surface area contributed by atoms with Crippen LogP contribution in [0.15, 0.2) is 24.5 Å². The average Bonchev–Trinajstić information content (AvgIpc) is 2.16. The summed E-state index contributed by atoms with van der Waals surface area (Å²) in [6.07, 6.45) is 2.65. The number of aromatic nitrogens is 3. The summed E-state index contributed by atoms with van der Waals surface area (Å²) in [7, 11) is 0. The Kier molecular flexibility index (Phi) is 2.29. The fourth-order valence-corrected chi connectivity index (χ4v) is 1.31. The maximum absolute atomic E-state index is 13.4. The average molecular weight is 204 g/mol. The minimum absolute atomic E-state index is 0.328. The molecule has 0 spiro atoms. The first-order valence-corrected chi connectivity index (χ1v) is 4.38. The Morgan fingerprint density at radius 2 is 2.13 bits per heavy atom. The fraction of sp³-hybridized carbons (Fsp3) is 0.100. The van der Waals surface area contributed by atoms with Crippen molar-refractivity contribution in [1.29, 1.82) is 0 Å². The summed E-state index contributed by atoms with van der Waals surface area (Å²) in [5.41, 5.74) is 6.41. The van der Waals surface area contributed by atoms with Crippen LogP contribution in [0.4, 0.5) is 10.2 Å². The molecule has 0 aliphatic carbocycles. The van der Waals surface area contributed by atoms with Crippen molar-refractivity contribution < 1.29 is 4.39 Å². The van der Waals surface area contributed by atoms with E-state index in [2.05, 4.69) is 15.0 Å². The van der Waals surface area contributed by atoms with Gasteiger partial charge < -0.3 is 5.73 Å². The van der Waals surface area contributed by atoms with Gasteiger partial charge in [0.2, 0.25) is 0 Å². The van der Waals surface area contributed by atoms with Crippen LogP contribution < -0.4 is 5.73 Å². The van der Waals surface area contributed by atoms with Crippen LogP contribution >= 0.6 is 0 Å². The number of aryl methyl sites for hydroxylation is 1. The monoisotopic (exact) mass is 204 g/mol. The van der Waals surface area contributed by atoms with Gasteiger partial charge >= 0.3 is 0 Å². The summed E-state index contributed by atoms with van der Waals surface area (Å²) >= 11 is 0. The first-order chi connectivity index (χ1) is 7.16. The van der Waals surface area contributed by atoms with E-state index in [1.807, 2.05) is 0 Å². The zero-order chi connectivity index (χ0) is 10.8. The van der Waals surface area contributed by atoms with Crippen LogP contribution in [0.5, 0.6) is 0 Å². The number of hydrogen-bond acceptors (Lipinski definition) is 4. The number of hydrogen-bond donors (Lipinski definition) is 1. The van der Waals surface area contributed by atoms with Gasteiger partial charge in [-0.3, -0.25) is 4.98 Å². The molecule has 0 fully saturated rings. The summed E-state index contributed by atoms with van der Waals surface area (Å²) in [6.45, 7) is 1.71. The van der Waals surface area contributed by atoms with Gasteiger partial charge in [-0.15, -0.1) is 0 Å². The van der Waals surface area contributed by atoms with Gasteiger partial charge in [0.05, 0.1) is 11.9 Å². The van der Waals surface area contributed by atoms with E-state index in [9.17, 15) is 4.39 Å². The molecule has 2 aromatic heterocycles. The Morgan fingerprint density at radius 1 is 1.33 bits per heavy atom. The first kappa shape index (κ1) is 9.51. The molecule has 0 amide bonds. The Balaban J connectivity index is 2.59. The predicted molar refractivity (Wildman–Crippen MR) is 54.4 cm³/mol. The Bertz CT molecular complexity index is 478. The molecule has 0 aliphatic rings. The minimum Gasteiger partial charge on any atom is -0.384 e. The summed E-state index contributed by atoms with van der Waals surface area (Å²) in [4.78, 5) is 11.7. The van der Waals surface area contributed by atoms with Crippen LogP contribution in [0.1, 0.15) is 5.82 Å². The van der Waals surface area contributed by atoms with Gasteiger partial charge in [-0.25, -0.2) is 14.4 Å². The van der Waals surface area contributed by atoms with Crippen molar-refractivity contribution in [3.05, 3.63) is 36.2 Å².